The predicted octanol–water partition coefficient (Wildman–Crippen LogP) is 6.08. The summed E-state index contributed by atoms with van der Waals surface area (Å²) in [5, 5.41) is 5.71. The molecule has 3 aromatic carbocycles. The van der Waals surface area contributed by atoms with Gasteiger partial charge in [0.2, 0.25) is 0 Å². The van der Waals surface area contributed by atoms with E-state index in [2.05, 4.69) is 57.8 Å². The first kappa shape index (κ1) is 27.5. The normalized spacial score (nSPS) is 14.6. The standard InChI is InChI=1S/C31H32BrN5O3/c1-21-27(29(39)37(35(21)3)26-10-5-4-6-11-26)34-28(38)22-8-7-9-25(20-22)33-30(40)36-18-16-31(2,17-19-36)23-12-14-24(32)15-13-23/h4-15,20H,16-19H2,1-3H3,(H,33,40)(H,34,38). The van der Waals surface area contributed by atoms with Gasteiger partial charge in [-0.05, 0) is 73.2 Å². The number of rotatable bonds is 5. The van der Waals surface area contributed by atoms with Crippen LogP contribution in [-0.2, 0) is 12.5 Å². The molecule has 40 heavy (non-hydrogen) atoms. The minimum Gasteiger partial charge on any atom is -0.324 e. The van der Waals surface area contributed by atoms with Gasteiger partial charge in [-0.25, -0.2) is 9.48 Å². The molecule has 1 aliphatic heterocycles. The highest BCUT2D eigenvalue weighted by atomic mass is 79.9. The second-order valence-corrected chi connectivity index (χ2v) is 11.4. The smallest absolute Gasteiger partial charge is 0.321 e. The number of anilines is 2. The second kappa shape index (κ2) is 11.2. The lowest BCUT2D eigenvalue weighted by Crippen LogP contribution is -2.45. The molecule has 8 nitrogen and oxygen atoms in total. The van der Waals surface area contributed by atoms with E-state index in [9.17, 15) is 14.4 Å². The van der Waals surface area contributed by atoms with Crippen molar-refractivity contribution in [3.8, 4) is 5.69 Å². The van der Waals surface area contributed by atoms with Crippen LogP contribution in [0.25, 0.3) is 5.69 Å². The number of hydrogen-bond donors (Lipinski definition) is 2. The molecule has 1 aliphatic rings. The van der Waals surface area contributed by atoms with Crippen LogP contribution in [0.2, 0.25) is 0 Å². The second-order valence-electron chi connectivity index (χ2n) is 10.5. The van der Waals surface area contributed by atoms with E-state index in [0.29, 0.717) is 35.7 Å². The van der Waals surface area contributed by atoms with Crippen LogP contribution in [0, 0.1) is 6.92 Å². The zero-order chi connectivity index (χ0) is 28.4. The molecule has 0 saturated carbocycles. The van der Waals surface area contributed by atoms with Gasteiger partial charge in [-0.15, -0.1) is 0 Å². The Balaban J connectivity index is 1.25. The molecule has 1 aromatic heterocycles. The number of halogens is 1. The molecule has 0 unspecified atom stereocenters. The molecule has 206 valence electrons. The molecule has 2 N–H and O–H groups in total. The number of likely N-dealkylation sites (tertiary alicyclic amines) is 1. The SMILES string of the molecule is Cc1c(NC(=O)c2cccc(NC(=O)N3CCC(C)(c4ccc(Br)cc4)CC3)c2)c(=O)n(-c2ccccc2)n1C. The van der Waals surface area contributed by atoms with Crippen molar-refractivity contribution in [3.63, 3.8) is 0 Å². The van der Waals surface area contributed by atoms with Crippen LogP contribution < -0.4 is 16.2 Å². The van der Waals surface area contributed by atoms with Gasteiger partial charge in [-0.1, -0.05) is 59.3 Å². The number of nitrogens with one attached hydrogen (secondary N) is 2. The zero-order valence-electron chi connectivity index (χ0n) is 22.8. The van der Waals surface area contributed by atoms with E-state index in [-0.39, 0.29) is 22.7 Å². The van der Waals surface area contributed by atoms with E-state index < -0.39 is 5.91 Å². The number of urea groups is 1. The number of amides is 3. The van der Waals surface area contributed by atoms with Gasteiger partial charge in [-0.2, -0.15) is 0 Å². The third kappa shape index (κ3) is 5.47. The first-order valence-corrected chi connectivity index (χ1v) is 14.0. The Bertz CT molecular complexity index is 1600. The van der Waals surface area contributed by atoms with Crippen molar-refractivity contribution in [2.45, 2.75) is 32.1 Å². The highest BCUT2D eigenvalue weighted by Gasteiger charge is 2.33. The van der Waals surface area contributed by atoms with Crippen molar-refractivity contribution in [1.29, 1.82) is 0 Å². The summed E-state index contributed by atoms with van der Waals surface area (Å²) in [6.07, 6.45) is 1.73. The van der Waals surface area contributed by atoms with Crippen molar-refractivity contribution in [2.24, 2.45) is 7.05 Å². The lowest BCUT2D eigenvalue weighted by atomic mass is 9.74. The largest absolute Gasteiger partial charge is 0.324 e. The molecule has 1 saturated heterocycles. The van der Waals surface area contributed by atoms with E-state index >= 15 is 0 Å². The van der Waals surface area contributed by atoms with E-state index in [1.54, 1.807) is 42.9 Å². The number of benzene rings is 3. The summed E-state index contributed by atoms with van der Waals surface area (Å²) in [6, 6.07) is 24.2. The lowest BCUT2D eigenvalue weighted by molar-refractivity contribution is 0.102. The maximum atomic E-state index is 13.2. The van der Waals surface area contributed by atoms with Gasteiger partial charge in [0.25, 0.3) is 11.5 Å². The maximum absolute atomic E-state index is 13.2. The highest BCUT2D eigenvalue weighted by molar-refractivity contribution is 9.10. The van der Waals surface area contributed by atoms with Crippen LogP contribution in [0.15, 0.2) is 88.1 Å². The topological polar surface area (TPSA) is 88.4 Å². The molecule has 0 bridgehead atoms. The number of carbonyl (C=O) groups is 2. The molecule has 0 atom stereocenters. The van der Waals surface area contributed by atoms with Gasteiger partial charge in [0.05, 0.1) is 11.4 Å². The van der Waals surface area contributed by atoms with Crippen LogP contribution in [-0.4, -0.2) is 39.3 Å². The average Bonchev–Trinajstić information content (AvgIpc) is 3.17. The van der Waals surface area contributed by atoms with Gasteiger partial charge in [-0.3, -0.25) is 14.3 Å². The monoisotopic (exact) mass is 601 g/mol. The van der Waals surface area contributed by atoms with Crippen LogP contribution in [0.5, 0.6) is 0 Å². The average molecular weight is 603 g/mol. The minimum absolute atomic E-state index is 0.0180. The van der Waals surface area contributed by atoms with Crippen LogP contribution in [0.4, 0.5) is 16.2 Å². The summed E-state index contributed by atoms with van der Waals surface area (Å²) in [5.41, 5.74) is 3.39. The third-order valence-corrected chi connectivity index (χ3v) is 8.39. The molecule has 3 amide bonds. The highest BCUT2D eigenvalue weighted by Crippen LogP contribution is 2.35. The fourth-order valence-corrected chi connectivity index (χ4v) is 5.45. The number of aromatic nitrogens is 2. The quantitative estimate of drug-likeness (QED) is 0.290. The molecular formula is C31H32BrN5O3. The third-order valence-electron chi connectivity index (χ3n) is 7.86. The van der Waals surface area contributed by atoms with Crippen molar-refractivity contribution >= 4 is 39.2 Å². The molecule has 5 rings (SSSR count). The van der Waals surface area contributed by atoms with Gasteiger partial charge < -0.3 is 15.5 Å². The Kier molecular flexibility index (Phi) is 7.67. The van der Waals surface area contributed by atoms with Gasteiger partial charge in [0.15, 0.2) is 0 Å². The number of nitrogens with zero attached hydrogens (tertiary/aromatic N) is 3. The fraction of sp³-hybridized carbons (Fsp3) is 0.258. The number of hydrogen-bond acceptors (Lipinski definition) is 3. The van der Waals surface area contributed by atoms with Crippen LogP contribution in [0.3, 0.4) is 0 Å². The summed E-state index contributed by atoms with van der Waals surface area (Å²) >= 11 is 3.49. The fourth-order valence-electron chi connectivity index (χ4n) is 5.18. The Labute approximate surface area is 241 Å². The number of piperidine rings is 1. The predicted molar refractivity (Wildman–Crippen MR) is 161 cm³/mol. The maximum Gasteiger partial charge on any atom is 0.321 e. The van der Waals surface area contributed by atoms with Crippen molar-refractivity contribution in [1.82, 2.24) is 14.3 Å². The molecule has 0 aliphatic carbocycles. The van der Waals surface area contributed by atoms with Crippen molar-refractivity contribution in [3.05, 3.63) is 111 Å². The molecular weight excluding hydrogens is 570 g/mol. The Morgan fingerprint density at radius 2 is 1.57 bits per heavy atom. The van der Waals surface area contributed by atoms with E-state index in [4.69, 9.17) is 0 Å². The van der Waals surface area contributed by atoms with Gasteiger partial charge in [0.1, 0.15) is 5.69 Å². The molecule has 9 heteroatoms. The lowest BCUT2D eigenvalue weighted by Gasteiger charge is -2.39. The van der Waals surface area contributed by atoms with E-state index in [0.717, 1.165) is 17.3 Å². The Morgan fingerprint density at radius 1 is 0.900 bits per heavy atom. The summed E-state index contributed by atoms with van der Waals surface area (Å²) in [6.45, 7) is 5.31. The van der Waals surface area contributed by atoms with Crippen LogP contribution >= 0.6 is 15.9 Å². The first-order valence-electron chi connectivity index (χ1n) is 13.2. The van der Waals surface area contributed by atoms with Gasteiger partial charge >= 0.3 is 6.03 Å². The summed E-state index contributed by atoms with van der Waals surface area (Å²) in [7, 11) is 1.78. The van der Waals surface area contributed by atoms with E-state index in [1.807, 2.05) is 35.2 Å². The number of para-hydroxylation sites is 1. The molecule has 4 aromatic rings. The van der Waals surface area contributed by atoms with Crippen molar-refractivity contribution < 1.29 is 9.59 Å². The molecule has 2 heterocycles. The summed E-state index contributed by atoms with van der Waals surface area (Å²) < 4.78 is 4.28. The molecule has 1 fully saturated rings. The minimum atomic E-state index is -0.426. The summed E-state index contributed by atoms with van der Waals surface area (Å²) in [5.74, 6) is -0.426. The number of carbonyl (C=O) groups excluding carboxylic acids is 2. The Hall–Kier alpha value is -4.11. The van der Waals surface area contributed by atoms with E-state index in [1.165, 1.54) is 10.2 Å². The van der Waals surface area contributed by atoms with Crippen molar-refractivity contribution in [2.75, 3.05) is 23.7 Å². The summed E-state index contributed by atoms with van der Waals surface area (Å²) in [4.78, 5) is 41.2. The molecule has 0 spiro atoms. The first-order chi connectivity index (χ1) is 19.2. The van der Waals surface area contributed by atoms with Gasteiger partial charge in [0, 0.05) is 35.9 Å². The zero-order valence-corrected chi connectivity index (χ0v) is 24.4. The van der Waals surface area contributed by atoms with Crippen LogP contribution in [0.1, 0.15) is 41.4 Å². The Morgan fingerprint density at radius 3 is 2.25 bits per heavy atom. The molecule has 0 radical (unpaired) electrons.